The zero-order valence-electron chi connectivity index (χ0n) is 12.4. The molecule has 0 bridgehead atoms. The van der Waals surface area contributed by atoms with E-state index >= 15 is 0 Å². The molecule has 1 N–H and O–H groups in total. The fourth-order valence-corrected chi connectivity index (χ4v) is 6.63. The van der Waals surface area contributed by atoms with Gasteiger partial charge in [-0.3, -0.25) is 4.79 Å². The van der Waals surface area contributed by atoms with Crippen molar-refractivity contribution in [1.29, 1.82) is 0 Å². The second-order valence-electron chi connectivity index (χ2n) is 6.39. The van der Waals surface area contributed by atoms with E-state index in [1.54, 1.807) is 11.2 Å². The van der Waals surface area contributed by atoms with Crippen LogP contribution in [0.5, 0.6) is 0 Å². The summed E-state index contributed by atoms with van der Waals surface area (Å²) in [5, 5.41) is 0. The Bertz CT molecular complexity index is 659. The lowest BCUT2D eigenvalue weighted by Crippen LogP contribution is -2.43. The molecule has 1 aromatic heterocycles. The summed E-state index contributed by atoms with van der Waals surface area (Å²) in [6.07, 6.45) is 8.31. The molecule has 3 rings (SSSR count). The van der Waals surface area contributed by atoms with Crippen LogP contribution in [-0.2, 0) is 10.0 Å². The van der Waals surface area contributed by atoms with Gasteiger partial charge in [-0.25, -0.2) is 8.42 Å². The lowest BCUT2D eigenvalue weighted by Gasteiger charge is -2.43. The number of aromatic nitrogens is 1. The van der Waals surface area contributed by atoms with Gasteiger partial charge in [0.2, 0.25) is 0 Å². The highest BCUT2D eigenvalue weighted by Gasteiger charge is 2.39. The van der Waals surface area contributed by atoms with Crippen molar-refractivity contribution in [1.82, 2.24) is 9.29 Å². The average molecular weight is 330 g/mol. The minimum atomic E-state index is -3.51. The maximum absolute atomic E-state index is 12.7. The molecule has 0 aromatic carbocycles. The topological polar surface area (TPSA) is 70.2 Å². The number of hydrogen-bond donors (Lipinski definition) is 1. The summed E-state index contributed by atoms with van der Waals surface area (Å²) < 4.78 is 27.1. The highest BCUT2D eigenvalue weighted by Crippen LogP contribution is 2.45. The quantitative estimate of drug-likeness (QED) is 0.905. The molecule has 5 nitrogen and oxygen atoms in total. The predicted molar refractivity (Wildman–Crippen MR) is 83.2 cm³/mol. The number of H-pyrrole nitrogens is 1. The van der Waals surface area contributed by atoms with Gasteiger partial charge in [-0.1, -0.05) is 30.6 Å². The minimum Gasteiger partial charge on any atom is -0.315 e. The number of nitrogens with zero attached hydrogens (tertiary/aromatic N) is 1. The molecule has 118 valence electrons. The number of aryl methyl sites for hydroxylation is 1. The molecule has 0 amide bonds. The summed E-state index contributed by atoms with van der Waals surface area (Å²) in [6.45, 7) is 2.83. The summed E-state index contributed by atoms with van der Waals surface area (Å²) in [5.41, 5.74) is 0.841. The van der Waals surface area contributed by atoms with Crippen molar-refractivity contribution >= 4 is 21.4 Å². The van der Waals surface area contributed by atoms with Gasteiger partial charge in [0, 0.05) is 18.8 Å². The van der Waals surface area contributed by atoms with Crippen LogP contribution < -0.4 is 4.87 Å². The van der Waals surface area contributed by atoms with Crippen molar-refractivity contribution in [3.63, 3.8) is 0 Å². The standard InChI is InChI=1S/C14H22N2O3S2/c1-11-12(20-13(17)15-11)21(18,19)16-9-7-14(8-10-16)5-3-2-4-6-14/h2-10H2,1H3,(H,15,17). The summed E-state index contributed by atoms with van der Waals surface area (Å²) in [7, 11) is -3.51. The van der Waals surface area contributed by atoms with Gasteiger partial charge in [0.1, 0.15) is 0 Å². The van der Waals surface area contributed by atoms with E-state index in [1.807, 2.05) is 0 Å². The largest absolute Gasteiger partial charge is 0.315 e. The second-order valence-corrected chi connectivity index (χ2v) is 9.51. The maximum atomic E-state index is 12.7. The van der Waals surface area contributed by atoms with E-state index < -0.39 is 10.0 Å². The fraction of sp³-hybridized carbons (Fsp3) is 0.786. The van der Waals surface area contributed by atoms with Gasteiger partial charge in [0.25, 0.3) is 10.0 Å². The number of piperidine rings is 1. The van der Waals surface area contributed by atoms with Crippen LogP contribution in [0.2, 0.25) is 0 Å². The first-order chi connectivity index (χ1) is 9.93. The number of thiazole rings is 1. The van der Waals surface area contributed by atoms with Gasteiger partial charge < -0.3 is 4.98 Å². The Morgan fingerprint density at radius 1 is 1.10 bits per heavy atom. The number of rotatable bonds is 2. The monoisotopic (exact) mass is 330 g/mol. The third kappa shape index (κ3) is 2.83. The SMILES string of the molecule is Cc1[nH]c(=O)sc1S(=O)(=O)N1CCC2(CCCCC2)CC1. The molecule has 0 atom stereocenters. The Morgan fingerprint density at radius 3 is 2.24 bits per heavy atom. The van der Waals surface area contributed by atoms with Crippen LogP contribution >= 0.6 is 11.3 Å². The fourth-order valence-electron chi connectivity index (χ4n) is 3.76. The number of hydrogen-bond acceptors (Lipinski definition) is 4. The van der Waals surface area contributed by atoms with E-state index in [0.29, 0.717) is 24.2 Å². The molecule has 2 heterocycles. The molecule has 0 radical (unpaired) electrons. The molecule has 1 aromatic rings. The predicted octanol–water partition coefficient (Wildman–Crippen LogP) is 2.48. The van der Waals surface area contributed by atoms with Crippen molar-refractivity contribution in [2.75, 3.05) is 13.1 Å². The van der Waals surface area contributed by atoms with Gasteiger partial charge >= 0.3 is 4.87 Å². The zero-order valence-corrected chi connectivity index (χ0v) is 14.0. The molecule has 1 aliphatic carbocycles. The van der Waals surface area contributed by atoms with Gasteiger partial charge in [-0.05, 0) is 38.0 Å². The Labute approximate surface area is 129 Å². The molecular formula is C14H22N2O3S2. The molecular weight excluding hydrogens is 308 g/mol. The van der Waals surface area contributed by atoms with Gasteiger partial charge in [0.15, 0.2) is 4.21 Å². The van der Waals surface area contributed by atoms with Crippen molar-refractivity contribution in [2.24, 2.45) is 5.41 Å². The first-order valence-corrected chi connectivity index (χ1v) is 9.89. The highest BCUT2D eigenvalue weighted by molar-refractivity contribution is 7.91. The summed E-state index contributed by atoms with van der Waals surface area (Å²) >= 11 is 0.801. The molecule has 2 fully saturated rings. The molecule has 1 spiro atoms. The van der Waals surface area contributed by atoms with E-state index in [1.165, 1.54) is 32.1 Å². The normalized spacial score (nSPS) is 23.5. The van der Waals surface area contributed by atoms with E-state index in [2.05, 4.69) is 4.98 Å². The Kier molecular flexibility index (Phi) is 4.00. The summed E-state index contributed by atoms with van der Waals surface area (Å²) in [5.74, 6) is 0. The van der Waals surface area contributed by atoms with Crippen molar-refractivity contribution in [3.8, 4) is 0 Å². The third-order valence-corrected chi connectivity index (χ3v) is 8.53. The van der Waals surface area contributed by atoms with Crippen LogP contribution in [0.25, 0.3) is 0 Å². The Balaban J connectivity index is 1.77. The Hall–Kier alpha value is -0.660. The van der Waals surface area contributed by atoms with Crippen LogP contribution in [0, 0.1) is 12.3 Å². The lowest BCUT2D eigenvalue weighted by molar-refractivity contribution is 0.102. The highest BCUT2D eigenvalue weighted by atomic mass is 32.2. The van der Waals surface area contributed by atoms with Crippen molar-refractivity contribution in [2.45, 2.75) is 56.1 Å². The lowest BCUT2D eigenvalue weighted by atomic mass is 9.68. The molecule has 21 heavy (non-hydrogen) atoms. The van der Waals surface area contributed by atoms with Crippen LogP contribution in [0.4, 0.5) is 0 Å². The second kappa shape index (κ2) is 5.52. The number of aromatic amines is 1. The van der Waals surface area contributed by atoms with E-state index in [0.717, 1.165) is 24.2 Å². The molecule has 1 saturated carbocycles. The van der Waals surface area contributed by atoms with Crippen LogP contribution in [-0.4, -0.2) is 30.8 Å². The molecule has 1 saturated heterocycles. The summed E-state index contributed by atoms with van der Waals surface area (Å²) in [6, 6.07) is 0. The van der Waals surface area contributed by atoms with E-state index in [4.69, 9.17) is 0 Å². The van der Waals surface area contributed by atoms with Crippen molar-refractivity contribution in [3.05, 3.63) is 15.4 Å². The first-order valence-electron chi connectivity index (χ1n) is 7.63. The number of sulfonamides is 1. The van der Waals surface area contributed by atoms with Gasteiger partial charge in [-0.15, -0.1) is 0 Å². The van der Waals surface area contributed by atoms with Crippen molar-refractivity contribution < 1.29 is 8.42 Å². The minimum absolute atomic E-state index is 0.187. The molecule has 2 aliphatic rings. The van der Waals surface area contributed by atoms with Crippen LogP contribution in [0.15, 0.2) is 9.00 Å². The number of nitrogens with one attached hydrogen (secondary N) is 1. The maximum Gasteiger partial charge on any atom is 0.305 e. The smallest absolute Gasteiger partial charge is 0.305 e. The molecule has 1 aliphatic heterocycles. The Morgan fingerprint density at radius 2 is 1.71 bits per heavy atom. The third-order valence-electron chi connectivity index (χ3n) is 5.05. The van der Waals surface area contributed by atoms with E-state index in [-0.39, 0.29) is 9.08 Å². The van der Waals surface area contributed by atoms with Crippen LogP contribution in [0.3, 0.4) is 0 Å². The van der Waals surface area contributed by atoms with Gasteiger partial charge in [0.05, 0.1) is 0 Å². The molecule has 7 heteroatoms. The van der Waals surface area contributed by atoms with Gasteiger partial charge in [-0.2, -0.15) is 4.31 Å². The zero-order chi connectivity index (χ0) is 15.1. The van der Waals surface area contributed by atoms with Crippen LogP contribution in [0.1, 0.15) is 50.6 Å². The summed E-state index contributed by atoms with van der Waals surface area (Å²) in [4.78, 5) is 13.6. The molecule has 0 unspecified atom stereocenters. The van der Waals surface area contributed by atoms with E-state index in [9.17, 15) is 13.2 Å². The average Bonchev–Trinajstić information content (AvgIpc) is 2.80. The first kappa shape index (κ1) is 15.2.